The topological polar surface area (TPSA) is 78.8 Å². The first kappa shape index (κ1) is 14.9. The van der Waals surface area contributed by atoms with Gasteiger partial charge in [-0.3, -0.25) is 4.79 Å². The molecule has 0 atom stereocenters. The van der Waals surface area contributed by atoms with Gasteiger partial charge in [0.15, 0.2) is 5.16 Å². The number of hydrogen-bond acceptors (Lipinski definition) is 5. The van der Waals surface area contributed by atoms with Gasteiger partial charge in [-0.1, -0.05) is 17.8 Å². The Morgan fingerprint density at radius 1 is 1.50 bits per heavy atom. The number of ether oxygens (including phenoxy) is 1. The number of H-pyrrole nitrogens is 1. The molecule has 5 nitrogen and oxygen atoms in total. The van der Waals surface area contributed by atoms with Crippen molar-refractivity contribution in [3.63, 3.8) is 0 Å². The van der Waals surface area contributed by atoms with E-state index in [-0.39, 0.29) is 5.56 Å². The van der Waals surface area contributed by atoms with Gasteiger partial charge in [-0.15, -0.1) is 0 Å². The molecule has 0 saturated heterocycles. The van der Waals surface area contributed by atoms with Gasteiger partial charge in [0.25, 0.3) is 5.56 Å². The number of hydrogen-bond donors (Lipinski definition) is 1. The van der Waals surface area contributed by atoms with Gasteiger partial charge in [0.05, 0.1) is 12.7 Å². The van der Waals surface area contributed by atoms with Crippen molar-refractivity contribution in [3.8, 4) is 23.1 Å². The fourth-order valence-corrected chi connectivity index (χ4v) is 2.84. The molecule has 1 N–H and O–H groups in total. The Hall–Kier alpha value is -1.53. The van der Waals surface area contributed by atoms with Crippen molar-refractivity contribution >= 4 is 34.4 Å². The standard InChI is InChI=1S/C13H10IN3O2S/c1-19-9-5-3-4-8(14)10(9)11-7(6-15)12(18)17-13(16-11)20-2/h3-5H,1-2H3,(H,16,17,18). The van der Waals surface area contributed by atoms with Crippen LogP contribution in [0.3, 0.4) is 0 Å². The van der Waals surface area contributed by atoms with Gasteiger partial charge in [-0.25, -0.2) is 4.98 Å². The molecule has 0 amide bonds. The number of nitrogens with zero attached hydrogens (tertiary/aromatic N) is 2. The van der Waals surface area contributed by atoms with Gasteiger partial charge in [-0.05, 0) is 41.0 Å². The maximum absolute atomic E-state index is 12.0. The summed E-state index contributed by atoms with van der Waals surface area (Å²) in [6.07, 6.45) is 1.81. The summed E-state index contributed by atoms with van der Waals surface area (Å²) in [7, 11) is 1.55. The lowest BCUT2D eigenvalue weighted by Gasteiger charge is -2.11. The first-order chi connectivity index (χ1) is 9.62. The van der Waals surface area contributed by atoms with E-state index in [0.717, 1.165) is 3.57 Å². The third kappa shape index (κ3) is 2.66. The summed E-state index contributed by atoms with van der Waals surface area (Å²) in [4.78, 5) is 18.9. The average Bonchev–Trinajstić information content (AvgIpc) is 2.46. The van der Waals surface area contributed by atoms with E-state index >= 15 is 0 Å². The maximum atomic E-state index is 12.0. The molecule has 0 unspecified atom stereocenters. The minimum Gasteiger partial charge on any atom is -0.496 e. The van der Waals surface area contributed by atoms with Crippen molar-refractivity contribution < 1.29 is 4.74 Å². The molecule has 7 heteroatoms. The van der Waals surface area contributed by atoms with E-state index < -0.39 is 5.56 Å². The fourth-order valence-electron chi connectivity index (χ4n) is 1.74. The summed E-state index contributed by atoms with van der Waals surface area (Å²) in [6.45, 7) is 0. The summed E-state index contributed by atoms with van der Waals surface area (Å²) in [5, 5.41) is 9.68. The first-order valence-corrected chi connectivity index (χ1v) is 7.84. The highest BCUT2D eigenvalue weighted by Gasteiger charge is 2.19. The van der Waals surface area contributed by atoms with Gasteiger partial charge in [0.1, 0.15) is 23.1 Å². The van der Waals surface area contributed by atoms with Crippen molar-refractivity contribution in [2.75, 3.05) is 13.4 Å². The second-order valence-corrected chi connectivity index (χ2v) is 5.68. The summed E-state index contributed by atoms with van der Waals surface area (Å²) in [5.74, 6) is 0.582. The molecule has 0 aliphatic heterocycles. The zero-order chi connectivity index (χ0) is 14.7. The maximum Gasteiger partial charge on any atom is 0.270 e. The van der Waals surface area contributed by atoms with Crippen LogP contribution < -0.4 is 10.3 Å². The van der Waals surface area contributed by atoms with Crippen LogP contribution in [0.5, 0.6) is 5.75 Å². The Bertz CT molecular complexity index is 752. The van der Waals surface area contributed by atoms with E-state index in [1.807, 2.05) is 18.2 Å². The van der Waals surface area contributed by atoms with Gasteiger partial charge >= 0.3 is 0 Å². The summed E-state index contributed by atoms with van der Waals surface area (Å²) in [5.41, 5.74) is 0.560. The largest absolute Gasteiger partial charge is 0.496 e. The van der Waals surface area contributed by atoms with Crippen LogP contribution in [0.1, 0.15) is 5.56 Å². The quantitative estimate of drug-likeness (QED) is 0.488. The smallest absolute Gasteiger partial charge is 0.270 e. The number of nitrogens with one attached hydrogen (secondary N) is 1. The average molecular weight is 399 g/mol. The van der Waals surface area contributed by atoms with Crippen LogP contribution in [0.15, 0.2) is 28.2 Å². The molecule has 1 heterocycles. The number of aromatic amines is 1. The Labute approximate surface area is 133 Å². The lowest BCUT2D eigenvalue weighted by atomic mass is 10.1. The van der Waals surface area contributed by atoms with Crippen LogP contribution in [0, 0.1) is 14.9 Å². The van der Waals surface area contributed by atoms with Crippen molar-refractivity contribution in [2.45, 2.75) is 5.16 Å². The molecule has 0 aliphatic rings. The number of aromatic nitrogens is 2. The molecule has 0 spiro atoms. The summed E-state index contributed by atoms with van der Waals surface area (Å²) >= 11 is 3.44. The lowest BCUT2D eigenvalue weighted by molar-refractivity contribution is 0.416. The predicted molar refractivity (Wildman–Crippen MR) is 86.1 cm³/mol. The molecule has 2 rings (SSSR count). The Kier molecular flexibility index (Phi) is 4.67. The number of methoxy groups -OCH3 is 1. The molecular formula is C13H10IN3O2S. The van der Waals surface area contributed by atoms with Gasteiger partial charge in [-0.2, -0.15) is 5.26 Å². The van der Waals surface area contributed by atoms with Gasteiger partial charge in [0, 0.05) is 3.57 Å². The SMILES string of the molecule is COc1cccc(I)c1-c1nc(SC)[nH]c(=O)c1C#N. The van der Waals surface area contributed by atoms with Crippen molar-refractivity contribution in [2.24, 2.45) is 0 Å². The van der Waals surface area contributed by atoms with E-state index in [4.69, 9.17) is 4.74 Å². The van der Waals surface area contributed by atoms with Crippen molar-refractivity contribution in [3.05, 3.63) is 37.7 Å². The number of benzene rings is 1. The summed E-state index contributed by atoms with van der Waals surface area (Å²) < 4.78 is 6.18. The third-order valence-electron chi connectivity index (χ3n) is 2.63. The number of thioether (sulfide) groups is 1. The summed E-state index contributed by atoms with van der Waals surface area (Å²) in [6, 6.07) is 7.42. The van der Waals surface area contributed by atoms with E-state index in [2.05, 4.69) is 32.6 Å². The Morgan fingerprint density at radius 3 is 2.85 bits per heavy atom. The molecule has 0 radical (unpaired) electrons. The van der Waals surface area contributed by atoms with Crippen LogP contribution in [-0.4, -0.2) is 23.3 Å². The monoisotopic (exact) mass is 399 g/mol. The molecular weight excluding hydrogens is 389 g/mol. The van der Waals surface area contributed by atoms with Crippen molar-refractivity contribution in [1.82, 2.24) is 9.97 Å². The molecule has 20 heavy (non-hydrogen) atoms. The van der Waals surface area contributed by atoms with Crippen LogP contribution in [0.2, 0.25) is 0 Å². The van der Waals surface area contributed by atoms with E-state index in [0.29, 0.717) is 22.2 Å². The minimum absolute atomic E-state index is 0.00906. The predicted octanol–water partition coefficient (Wildman–Crippen LogP) is 2.64. The zero-order valence-electron chi connectivity index (χ0n) is 10.7. The van der Waals surface area contributed by atoms with Crippen LogP contribution in [-0.2, 0) is 0 Å². The zero-order valence-corrected chi connectivity index (χ0v) is 13.7. The van der Waals surface area contributed by atoms with Crippen LogP contribution >= 0.6 is 34.4 Å². The van der Waals surface area contributed by atoms with Crippen LogP contribution in [0.4, 0.5) is 0 Å². The molecule has 2 aromatic rings. The second-order valence-electron chi connectivity index (χ2n) is 3.73. The molecule has 102 valence electrons. The third-order valence-corrected chi connectivity index (χ3v) is 4.11. The Morgan fingerprint density at radius 2 is 2.25 bits per heavy atom. The second kappa shape index (κ2) is 6.28. The van der Waals surface area contributed by atoms with Crippen molar-refractivity contribution in [1.29, 1.82) is 5.26 Å². The highest BCUT2D eigenvalue weighted by Crippen LogP contribution is 2.34. The molecule has 1 aromatic heterocycles. The minimum atomic E-state index is -0.441. The Balaban J connectivity index is 2.86. The van der Waals surface area contributed by atoms with Gasteiger partial charge < -0.3 is 9.72 Å². The van der Waals surface area contributed by atoms with E-state index in [1.54, 1.807) is 19.4 Å². The number of rotatable bonds is 3. The fraction of sp³-hybridized carbons (Fsp3) is 0.154. The molecule has 0 saturated carbocycles. The van der Waals surface area contributed by atoms with E-state index in [1.165, 1.54) is 11.8 Å². The highest BCUT2D eigenvalue weighted by molar-refractivity contribution is 14.1. The van der Waals surface area contributed by atoms with E-state index in [9.17, 15) is 10.1 Å². The highest BCUT2D eigenvalue weighted by atomic mass is 127. The molecule has 0 bridgehead atoms. The molecule has 0 aliphatic carbocycles. The molecule has 1 aromatic carbocycles. The normalized spacial score (nSPS) is 10.1. The number of nitriles is 1. The van der Waals surface area contributed by atoms with Gasteiger partial charge in [0.2, 0.25) is 0 Å². The lowest BCUT2D eigenvalue weighted by Crippen LogP contribution is -2.15. The number of halogens is 1. The first-order valence-electron chi connectivity index (χ1n) is 5.53. The van der Waals surface area contributed by atoms with Crippen LogP contribution in [0.25, 0.3) is 11.3 Å². The molecule has 0 fully saturated rings.